The van der Waals surface area contributed by atoms with Crippen molar-refractivity contribution in [2.24, 2.45) is 0 Å². The Kier molecular flexibility index (Phi) is 4.18. The number of rotatable bonds is 5. The first-order valence-corrected chi connectivity index (χ1v) is 8.32. The molecular weight excluding hydrogens is 344 g/mol. The van der Waals surface area contributed by atoms with Crippen molar-refractivity contribution in [3.63, 3.8) is 0 Å². The van der Waals surface area contributed by atoms with Gasteiger partial charge in [0.05, 0.1) is 5.56 Å². The van der Waals surface area contributed by atoms with E-state index in [9.17, 15) is 14.7 Å². The van der Waals surface area contributed by atoms with E-state index in [-0.39, 0.29) is 17.4 Å². The fourth-order valence-electron chi connectivity index (χ4n) is 3.06. The summed E-state index contributed by atoms with van der Waals surface area (Å²) in [5.74, 6) is -0.380. The van der Waals surface area contributed by atoms with Crippen molar-refractivity contribution in [3.05, 3.63) is 77.1 Å². The number of carbonyl (C=O) groups is 2. The molecule has 0 aliphatic carbocycles. The number of carbonyl (C=O) groups excluding carboxylic acids is 2. The highest BCUT2D eigenvalue weighted by molar-refractivity contribution is 6.03. The third-order valence-electron chi connectivity index (χ3n) is 4.34. The number of nitrogens with one attached hydrogen (secondary N) is 3. The molecule has 4 rings (SSSR count). The smallest absolute Gasteiger partial charge is 0.273 e. The molecule has 0 saturated carbocycles. The molecule has 0 radical (unpaired) electrons. The highest BCUT2D eigenvalue weighted by atomic mass is 16.3. The summed E-state index contributed by atoms with van der Waals surface area (Å²) in [6.07, 6.45) is 2.80. The monoisotopic (exact) mass is 360 g/mol. The Morgan fingerprint density at radius 1 is 1.15 bits per heavy atom. The molecular formula is C20H16N4O3. The minimum absolute atomic E-state index is 0.124. The van der Waals surface area contributed by atoms with E-state index in [1.165, 1.54) is 6.20 Å². The van der Waals surface area contributed by atoms with E-state index >= 15 is 0 Å². The third kappa shape index (κ3) is 3.30. The van der Waals surface area contributed by atoms with Gasteiger partial charge in [-0.3, -0.25) is 14.7 Å². The fraction of sp³-hybridized carbons (Fsp3) is 0.0500. The molecule has 7 heteroatoms. The molecule has 4 N–H and O–H groups in total. The minimum atomic E-state index is -0.255. The van der Waals surface area contributed by atoms with Gasteiger partial charge >= 0.3 is 0 Å². The first kappa shape index (κ1) is 16.6. The van der Waals surface area contributed by atoms with Gasteiger partial charge in [-0.05, 0) is 41.8 Å². The highest BCUT2D eigenvalue weighted by Crippen LogP contribution is 2.27. The highest BCUT2D eigenvalue weighted by Gasteiger charge is 2.11. The van der Waals surface area contributed by atoms with Crippen LogP contribution in [0.5, 0.6) is 5.88 Å². The maximum atomic E-state index is 12.1. The molecule has 2 aromatic carbocycles. The van der Waals surface area contributed by atoms with Crippen LogP contribution < -0.4 is 5.32 Å². The van der Waals surface area contributed by atoms with Crippen LogP contribution in [0.4, 0.5) is 5.69 Å². The molecule has 0 atom stereocenters. The van der Waals surface area contributed by atoms with E-state index in [2.05, 4.69) is 20.5 Å². The van der Waals surface area contributed by atoms with Gasteiger partial charge in [-0.25, -0.2) is 0 Å². The summed E-state index contributed by atoms with van der Waals surface area (Å²) in [6, 6.07) is 14.8. The number of anilines is 1. The summed E-state index contributed by atoms with van der Waals surface area (Å²) >= 11 is 0. The van der Waals surface area contributed by atoms with Crippen LogP contribution in [0.25, 0.3) is 10.9 Å². The standard InChI is InChI=1S/C20H16N4O3/c25-11-16-15-5-4-13(10-18(15)23-19(16)26)8-12-2-1-3-14(9-12)22-20(27)17-6-7-21-24-17/h1-7,9-11,23,26H,8H2,(H,21,24)(H,22,27). The Labute approximate surface area is 154 Å². The maximum Gasteiger partial charge on any atom is 0.273 e. The molecule has 134 valence electrons. The molecule has 0 unspecified atom stereocenters. The number of hydrogen-bond acceptors (Lipinski definition) is 4. The van der Waals surface area contributed by atoms with Crippen molar-refractivity contribution in [2.75, 3.05) is 5.32 Å². The molecule has 0 aliphatic heterocycles. The lowest BCUT2D eigenvalue weighted by molar-refractivity contribution is 0.102. The van der Waals surface area contributed by atoms with Gasteiger partial charge in [0.1, 0.15) is 5.69 Å². The topological polar surface area (TPSA) is 111 Å². The van der Waals surface area contributed by atoms with Crippen LogP contribution in [0.2, 0.25) is 0 Å². The second-order valence-corrected chi connectivity index (χ2v) is 6.19. The first-order chi connectivity index (χ1) is 13.1. The predicted molar refractivity (Wildman–Crippen MR) is 101 cm³/mol. The Bertz CT molecular complexity index is 1130. The van der Waals surface area contributed by atoms with E-state index < -0.39 is 0 Å². The minimum Gasteiger partial charge on any atom is -0.494 e. The number of H-pyrrole nitrogens is 2. The molecule has 0 bridgehead atoms. The van der Waals surface area contributed by atoms with E-state index in [1.54, 1.807) is 6.07 Å². The molecule has 0 spiro atoms. The van der Waals surface area contributed by atoms with Crippen molar-refractivity contribution in [1.82, 2.24) is 15.2 Å². The van der Waals surface area contributed by atoms with Crippen LogP contribution in [0.3, 0.4) is 0 Å². The lowest BCUT2D eigenvalue weighted by atomic mass is 10.0. The van der Waals surface area contributed by atoms with E-state index in [0.29, 0.717) is 35.0 Å². The van der Waals surface area contributed by atoms with Gasteiger partial charge in [-0.2, -0.15) is 5.10 Å². The Morgan fingerprint density at radius 2 is 2.00 bits per heavy atom. The zero-order valence-corrected chi connectivity index (χ0v) is 14.2. The van der Waals surface area contributed by atoms with Gasteiger partial charge in [0.15, 0.2) is 12.2 Å². The van der Waals surface area contributed by atoms with Gasteiger partial charge in [0, 0.05) is 22.8 Å². The number of amides is 1. The second kappa shape index (κ2) is 6.80. The van der Waals surface area contributed by atoms with Crippen LogP contribution in [0.15, 0.2) is 54.7 Å². The molecule has 7 nitrogen and oxygen atoms in total. The van der Waals surface area contributed by atoms with Crippen LogP contribution in [0, 0.1) is 0 Å². The quantitative estimate of drug-likeness (QED) is 0.409. The molecule has 0 fully saturated rings. The molecule has 27 heavy (non-hydrogen) atoms. The Morgan fingerprint density at radius 3 is 2.78 bits per heavy atom. The SMILES string of the molecule is O=Cc1c(O)[nH]c2cc(Cc3cccc(NC(=O)c4ccn[nH]4)c3)ccc12. The molecule has 1 amide bonds. The predicted octanol–water partition coefficient (Wildman–Crippen LogP) is 3.25. The third-order valence-corrected chi connectivity index (χ3v) is 4.34. The fourth-order valence-corrected chi connectivity index (χ4v) is 3.06. The van der Waals surface area contributed by atoms with Gasteiger partial charge in [0.25, 0.3) is 5.91 Å². The van der Waals surface area contributed by atoms with Crippen LogP contribution in [-0.4, -0.2) is 32.5 Å². The number of aromatic amines is 2. The van der Waals surface area contributed by atoms with Crippen LogP contribution in [-0.2, 0) is 6.42 Å². The number of hydrogen-bond donors (Lipinski definition) is 4. The van der Waals surface area contributed by atoms with Crippen LogP contribution in [0.1, 0.15) is 32.0 Å². The number of nitrogens with zero attached hydrogens (tertiary/aromatic N) is 1. The second-order valence-electron chi connectivity index (χ2n) is 6.19. The van der Waals surface area contributed by atoms with Gasteiger partial charge in [-0.15, -0.1) is 0 Å². The number of aldehydes is 1. The normalized spacial score (nSPS) is 10.8. The van der Waals surface area contributed by atoms with E-state index in [4.69, 9.17) is 0 Å². The summed E-state index contributed by atoms with van der Waals surface area (Å²) in [4.78, 5) is 26.0. The summed E-state index contributed by atoms with van der Waals surface area (Å²) in [5.41, 5.74) is 4.08. The number of benzene rings is 2. The summed E-state index contributed by atoms with van der Waals surface area (Å²) in [6.45, 7) is 0. The summed E-state index contributed by atoms with van der Waals surface area (Å²) in [7, 11) is 0. The lowest BCUT2D eigenvalue weighted by Crippen LogP contribution is -2.12. The average molecular weight is 360 g/mol. The lowest BCUT2D eigenvalue weighted by Gasteiger charge is -2.07. The Balaban J connectivity index is 1.55. The van der Waals surface area contributed by atoms with Gasteiger partial charge < -0.3 is 15.4 Å². The summed E-state index contributed by atoms with van der Waals surface area (Å²) in [5, 5.41) is 19.7. The molecule has 4 aromatic rings. The van der Waals surface area contributed by atoms with Crippen molar-refractivity contribution in [3.8, 4) is 5.88 Å². The molecule has 0 aliphatic rings. The van der Waals surface area contributed by atoms with Crippen molar-refractivity contribution in [2.45, 2.75) is 6.42 Å². The van der Waals surface area contributed by atoms with Crippen LogP contribution >= 0.6 is 0 Å². The summed E-state index contributed by atoms with van der Waals surface area (Å²) < 4.78 is 0. The molecule has 2 aromatic heterocycles. The van der Waals surface area contributed by atoms with Crippen molar-refractivity contribution >= 4 is 28.8 Å². The Hall–Kier alpha value is -3.87. The van der Waals surface area contributed by atoms with E-state index in [1.807, 2.05) is 42.5 Å². The molecule has 0 saturated heterocycles. The number of aromatic nitrogens is 3. The van der Waals surface area contributed by atoms with Gasteiger partial charge in [0.2, 0.25) is 0 Å². The largest absolute Gasteiger partial charge is 0.494 e. The molecule has 2 heterocycles. The maximum absolute atomic E-state index is 12.1. The average Bonchev–Trinajstić information content (AvgIpc) is 3.28. The zero-order valence-electron chi connectivity index (χ0n) is 14.2. The zero-order chi connectivity index (χ0) is 18.8. The van der Waals surface area contributed by atoms with Crippen molar-refractivity contribution < 1.29 is 14.7 Å². The van der Waals surface area contributed by atoms with Crippen molar-refractivity contribution in [1.29, 1.82) is 0 Å². The first-order valence-electron chi connectivity index (χ1n) is 8.32. The van der Waals surface area contributed by atoms with E-state index in [0.717, 1.165) is 11.1 Å². The van der Waals surface area contributed by atoms with Gasteiger partial charge in [-0.1, -0.05) is 24.3 Å². The number of aromatic hydroxyl groups is 1. The number of fused-ring (bicyclic) bond motifs is 1.